The van der Waals surface area contributed by atoms with E-state index in [4.69, 9.17) is 0 Å². The first-order valence-electron chi connectivity index (χ1n) is 4.65. The Bertz CT molecular complexity index is 330. The Labute approximate surface area is 131 Å². The molecule has 0 heterocycles. The SMILES string of the molecule is C[Si](C)(c1ccc[cH-]1)[C+]1C=CC=C1.[Cl-].[Cl-].[Zr+2]. The second-order valence-electron chi connectivity index (χ2n) is 3.97. The fraction of sp³-hybridized carbons (Fsp3) is 0.167. The third-order valence-electron chi connectivity index (χ3n) is 2.77. The van der Waals surface area contributed by atoms with Crippen LogP contribution in [-0.2, 0) is 26.2 Å². The Morgan fingerprint density at radius 1 is 1.12 bits per heavy atom. The van der Waals surface area contributed by atoms with Crippen molar-refractivity contribution in [1.29, 1.82) is 0 Å². The number of hydrogen-bond acceptors (Lipinski definition) is 0. The molecule has 0 spiro atoms. The molecule has 1 aliphatic carbocycles. The molecule has 84 valence electrons. The first-order valence-corrected chi connectivity index (χ1v) is 7.65. The van der Waals surface area contributed by atoms with E-state index in [1.165, 1.54) is 10.7 Å². The fourth-order valence-electron chi connectivity index (χ4n) is 1.75. The molecule has 0 amide bonds. The van der Waals surface area contributed by atoms with Crippen LogP contribution in [0.15, 0.2) is 48.6 Å². The molecule has 0 aromatic heterocycles. The third kappa shape index (κ3) is 3.70. The largest absolute Gasteiger partial charge is 2.00 e. The molecule has 16 heavy (non-hydrogen) atoms. The molecule has 0 N–H and O–H groups in total. The van der Waals surface area contributed by atoms with Crippen LogP contribution in [0.3, 0.4) is 0 Å². The van der Waals surface area contributed by atoms with Gasteiger partial charge in [0.2, 0.25) is 0 Å². The summed E-state index contributed by atoms with van der Waals surface area (Å²) in [5, 5.41) is 1.53. The normalized spacial score (nSPS) is 12.8. The van der Waals surface area contributed by atoms with Crippen LogP contribution in [0, 0.1) is 5.54 Å². The van der Waals surface area contributed by atoms with Gasteiger partial charge in [-0.05, 0) is 0 Å². The molecular weight excluding hydrogens is 334 g/mol. The zero-order chi connectivity index (χ0) is 9.31. The summed E-state index contributed by atoms with van der Waals surface area (Å²) in [7, 11) is -1.35. The van der Waals surface area contributed by atoms with Gasteiger partial charge in [0.1, 0.15) is 0 Å². The number of rotatable bonds is 2. The molecule has 0 saturated heterocycles. The topological polar surface area (TPSA) is 0 Å². The Morgan fingerprint density at radius 2 is 1.69 bits per heavy atom. The Hall–Kier alpha value is 0.380. The van der Waals surface area contributed by atoms with Crippen molar-refractivity contribution in [1.82, 2.24) is 0 Å². The van der Waals surface area contributed by atoms with Crippen molar-refractivity contribution in [3.8, 4) is 0 Å². The van der Waals surface area contributed by atoms with Crippen molar-refractivity contribution in [2.45, 2.75) is 13.1 Å². The second kappa shape index (κ2) is 7.66. The van der Waals surface area contributed by atoms with E-state index in [0.717, 1.165) is 0 Å². The fourth-order valence-corrected chi connectivity index (χ4v) is 4.13. The van der Waals surface area contributed by atoms with E-state index < -0.39 is 8.07 Å². The maximum Gasteiger partial charge on any atom is 2.00 e. The van der Waals surface area contributed by atoms with Gasteiger partial charge in [0.05, 0.1) is 24.3 Å². The first-order chi connectivity index (χ1) is 6.21. The van der Waals surface area contributed by atoms with Crippen LogP contribution in [0.25, 0.3) is 0 Å². The van der Waals surface area contributed by atoms with Crippen molar-refractivity contribution in [3.63, 3.8) is 0 Å². The standard InChI is InChI=1S/C12H14Si.2ClH.Zr/c1-13(2,11-7-3-4-8-11)12-9-5-6-10-12;;;/h3-10H,1-2H3;2*1H;/q;;;+2/p-2. The molecule has 1 aliphatic rings. The number of halogens is 2. The summed E-state index contributed by atoms with van der Waals surface area (Å²) < 4.78 is 0. The van der Waals surface area contributed by atoms with E-state index >= 15 is 0 Å². The van der Waals surface area contributed by atoms with E-state index in [0.29, 0.717) is 0 Å². The Balaban J connectivity index is 0. The summed E-state index contributed by atoms with van der Waals surface area (Å²) in [6, 6.07) is 8.76. The zero-order valence-electron chi connectivity index (χ0n) is 9.37. The second-order valence-corrected chi connectivity index (χ2v) is 8.38. The van der Waals surface area contributed by atoms with Gasteiger partial charge >= 0.3 is 26.2 Å². The summed E-state index contributed by atoms with van der Waals surface area (Å²) in [6.07, 6.45) is 8.76. The molecule has 0 bridgehead atoms. The van der Waals surface area contributed by atoms with E-state index in [9.17, 15) is 0 Å². The van der Waals surface area contributed by atoms with E-state index in [1.54, 1.807) is 0 Å². The molecule has 0 aliphatic heterocycles. The zero-order valence-corrected chi connectivity index (χ0v) is 14.3. The van der Waals surface area contributed by atoms with Crippen molar-refractivity contribution < 1.29 is 51.0 Å². The molecule has 0 saturated carbocycles. The Morgan fingerprint density at radius 3 is 2.12 bits per heavy atom. The molecule has 2 rings (SSSR count). The molecule has 0 unspecified atom stereocenters. The van der Waals surface area contributed by atoms with Crippen molar-refractivity contribution in [3.05, 3.63) is 54.1 Å². The molecular formula is C12H14Cl2SiZr. The van der Waals surface area contributed by atoms with Gasteiger partial charge in [-0.25, -0.2) is 12.1 Å². The summed E-state index contributed by atoms with van der Waals surface area (Å²) in [5.41, 5.74) is 1.53. The van der Waals surface area contributed by atoms with Gasteiger partial charge in [-0.3, -0.25) is 0 Å². The summed E-state index contributed by atoms with van der Waals surface area (Å²) in [5.74, 6) is 0. The van der Waals surface area contributed by atoms with Crippen LogP contribution in [0.1, 0.15) is 0 Å². The maximum absolute atomic E-state index is 2.40. The van der Waals surface area contributed by atoms with Crippen LogP contribution >= 0.6 is 0 Å². The molecule has 0 nitrogen and oxygen atoms in total. The average molecular weight is 348 g/mol. The Kier molecular flexibility index (Phi) is 8.97. The summed E-state index contributed by atoms with van der Waals surface area (Å²) >= 11 is 0. The van der Waals surface area contributed by atoms with Gasteiger partial charge in [0.15, 0.2) is 8.07 Å². The molecule has 0 fully saturated rings. The monoisotopic (exact) mass is 346 g/mol. The molecule has 1 aromatic carbocycles. The average Bonchev–Trinajstić information content (AvgIpc) is 2.78. The van der Waals surface area contributed by atoms with E-state index in [-0.39, 0.29) is 51.0 Å². The third-order valence-corrected chi connectivity index (χ3v) is 6.32. The smallest absolute Gasteiger partial charge is 1.00 e. The minimum Gasteiger partial charge on any atom is -1.00 e. The summed E-state index contributed by atoms with van der Waals surface area (Å²) in [6.45, 7) is 4.80. The minimum atomic E-state index is -1.35. The molecule has 1 aromatic rings. The predicted molar refractivity (Wildman–Crippen MR) is 60.7 cm³/mol. The van der Waals surface area contributed by atoms with E-state index in [2.05, 4.69) is 61.7 Å². The van der Waals surface area contributed by atoms with Crippen molar-refractivity contribution in [2.75, 3.05) is 0 Å². The summed E-state index contributed by atoms with van der Waals surface area (Å²) in [4.78, 5) is 0. The van der Waals surface area contributed by atoms with Crippen molar-refractivity contribution in [2.24, 2.45) is 0 Å². The molecule has 0 atom stereocenters. The van der Waals surface area contributed by atoms with Crippen LogP contribution < -0.4 is 30.0 Å². The quantitative estimate of drug-likeness (QED) is 0.386. The van der Waals surface area contributed by atoms with Gasteiger partial charge in [-0.2, -0.15) is 17.3 Å². The number of allylic oxidation sites excluding steroid dienone is 4. The molecule has 4 heteroatoms. The van der Waals surface area contributed by atoms with Crippen molar-refractivity contribution >= 4 is 13.3 Å². The van der Waals surface area contributed by atoms with Crippen LogP contribution in [0.2, 0.25) is 13.1 Å². The molecule has 0 radical (unpaired) electrons. The van der Waals surface area contributed by atoms with Gasteiger partial charge in [-0.1, -0.05) is 13.1 Å². The van der Waals surface area contributed by atoms with Crippen LogP contribution in [0.5, 0.6) is 0 Å². The van der Waals surface area contributed by atoms with Gasteiger partial charge < -0.3 is 24.8 Å². The maximum atomic E-state index is 2.40. The predicted octanol–water partition coefficient (Wildman–Crippen LogP) is -3.43. The number of hydrogen-bond donors (Lipinski definition) is 0. The van der Waals surface area contributed by atoms with E-state index in [1.807, 2.05) is 0 Å². The van der Waals surface area contributed by atoms with Crippen LogP contribution in [0.4, 0.5) is 0 Å². The minimum absolute atomic E-state index is 0. The van der Waals surface area contributed by atoms with Gasteiger partial charge in [0, 0.05) is 5.54 Å². The van der Waals surface area contributed by atoms with Crippen LogP contribution in [-0.4, -0.2) is 8.07 Å². The van der Waals surface area contributed by atoms with Gasteiger partial charge in [-0.15, -0.1) is 0 Å². The van der Waals surface area contributed by atoms with Gasteiger partial charge in [0.25, 0.3) is 0 Å². The first kappa shape index (κ1) is 18.7.